The number of thiophene rings is 1. The molecule has 3 atom stereocenters. The third kappa shape index (κ3) is 5.41. The van der Waals surface area contributed by atoms with Gasteiger partial charge in [0.25, 0.3) is 0 Å². The molecule has 0 saturated heterocycles. The van der Waals surface area contributed by atoms with Gasteiger partial charge in [0, 0.05) is 36.9 Å². The van der Waals surface area contributed by atoms with E-state index >= 15 is 0 Å². The van der Waals surface area contributed by atoms with Gasteiger partial charge in [0.1, 0.15) is 0 Å². The monoisotopic (exact) mass is 652 g/mol. The first-order valence-corrected chi connectivity index (χ1v) is 18.3. The first kappa shape index (κ1) is 29.9. The molecule has 2 aromatic heterocycles. The zero-order valence-corrected chi connectivity index (χ0v) is 28.4. The number of rotatable bonds is 5. The summed E-state index contributed by atoms with van der Waals surface area (Å²) in [4.78, 5) is 15.3. The molecular weight excluding hydrogens is 617 g/mol. The normalized spacial score (nSPS) is 20.3. The summed E-state index contributed by atoms with van der Waals surface area (Å²) in [5, 5.41) is 11.8. The number of hydrogen-bond donors (Lipinski definition) is 0. The number of hydrogen-bond acceptors (Lipinski definition) is 5. The predicted octanol–water partition coefficient (Wildman–Crippen LogP) is 11.6. The lowest BCUT2D eigenvalue weighted by atomic mass is 9.57. The Morgan fingerprint density at radius 2 is 1.35 bits per heavy atom. The van der Waals surface area contributed by atoms with E-state index in [9.17, 15) is 5.26 Å². The quantitative estimate of drug-likeness (QED) is 0.186. The second-order valence-corrected chi connectivity index (χ2v) is 15.3. The zero-order chi connectivity index (χ0) is 33.0. The molecule has 7 aromatic rings. The van der Waals surface area contributed by atoms with Gasteiger partial charge in [0.05, 0.1) is 11.6 Å². The molecule has 5 aromatic carbocycles. The number of aromatic nitrogens is 3. The Bertz CT molecular complexity index is 2380. The Hall–Kier alpha value is -5.18. The molecule has 5 heteroatoms. The van der Waals surface area contributed by atoms with Crippen molar-refractivity contribution in [2.75, 3.05) is 0 Å². The summed E-state index contributed by atoms with van der Waals surface area (Å²) in [5.74, 6) is 3.63. The molecule has 49 heavy (non-hydrogen) atoms. The van der Waals surface area contributed by atoms with Gasteiger partial charge in [-0.25, -0.2) is 15.0 Å². The van der Waals surface area contributed by atoms with E-state index < -0.39 is 0 Å². The Labute approximate surface area is 291 Å². The van der Waals surface area contributed by atoms with Crippen LogP contribution in [0, 0.1) is 23.2 Å². The van der Waals surface area contributed by atoms with E-state index in [2.05, 4.69) is 91.9 Å². The Morgan fingerprint density at radius 3 is 2.14 bits per heavy atom. The van der Waals surface area contributed by atoms with Crippen LogP contribution in [0.25, 0.3) is 65.5 Å². The van der Waals surface area contributed by atoms with Crippen LogP contribution in [0.15, 0.2) is 115 Å². The molecule has 0 aliphatic heterocycles. The summed E-state index contributed by atoms with van der Waals surface area (Å²) in [7, 11) is 0. The zero-order valence-electron chi connectivity index (χ0n) is 27.6. The lowest BCUT2D eigenvalue weighted by Gasteiger charge is -2.48. The topological polar surface area (TPSA) is 62.5 Å². The average molecular weight is 653 g/mol. The fourth-order valence-corrected chi connectivity index (χ4v) is 10.0. The van der Waals surface area contributed by atoms with Crippen molar-refractivity contribution < 1.29 is 0 Å². The third-order valence-corrected chi connectivity index (χ3v) is 12.0. The van der Waals surface area contributed by atoms with Gasteiger partial charge in [-0.3, -0.25) is 0 Å². The molecule has 2 fully saturated rings. The van der Waals surface area contributed by atoms with Crippen molar-refractivity contribution in [2.24, 2.45) is 11.8 Å². The average Bonchev–Trinajstić information content (AvgIpc) is 3.52. The smallest absolute Gasteiger partial charge is 0.164 e. The van der Waals surface area contributed by atoms with Gasteiger partial charge >= 0.3 is 0 Å². The van der Waals surface area contributed by atoms with E-state index in [0.29, 0.717) is 28.5 Å². The van der Waals surface area contributed by atoms with Crippen LogP contribution >= 0.6 is 11.3 Å². The lowest BCUT2D eigenvalue weighted by molar-refractivity contribution is 0.110. The molecule has 238 valence electrons. The van der Waals surface area contributed by atoms with E-state index in [0.717, 1.165) is 48.9 Å². The van der Waals surface area contributed by atoms with E-state index in [1.807, 2.05) is 36.4 Å². The van der Waals surface area contributed by atoms with Crippen molar-refractivity contribution in [1.29, 1.82) is 5.26 Å². The van der Waals surface area contributed by atoms with Crippen molar-refractivity contribution in [3.05, 3.63) is 126 Å². The molecule has 2 bridgehead atoms. The molecule has 0 N–H and O–H groups in total. The summed E-state index contributed by atoms with van der Waals surface area (Å²) in [6, 6.07) is 42.7. The molecule has 9 rings (SSSR count). The van der Waals surface area contributed by atoms with Crippen molar-refractivity contribution in [1.82, 2.24) is 15.0 Å². The molecule has 4 nitrogen and oxygen atoms in total. The molecule has 2 aliphatic carbocycles. The standard InChI is InChI=1S/C44H36N4S/c1-28-22-29-8-7-21-44(25-28,26-29)34-17-14-31(15-18-34)35-11-5-6-12-38(35)43-47-41(32-9-3-2-4-10-32)46-42(48-43)33-16-20-37-36-19-13-30(27-45)23-39(36)49-40(37)24-33/h2-6,9-20,23-24,28-29H,7-8,21-22,25-26H2,1H3/t28-,29+,44?/m0/s1. The first-order chi connectivity index (χ1) is 24.0. The highest BCUT2D eigenvalue weighted by atomic mass is 32.1. The van der Waals surface area contributed by atoms with Crippen LogP contribution in [0.2, 0.25) is 0 Å². The maximum atomic E-state index is 9.44. The highest BCUT2D eigenvalue weighted by Gasteiger charge is 2.42. The third-order valence-electron chi connectivity index (χ3n) is 10.9. The largest absolute Gasteiger partial charge is 0.208 e. The van der Waals surface area contributed by atoms with Gasteiger partial charge in [-0.05, 0) is 77.8 Å². The molecule has 2 aliphatic rings. The van der Waals surface area contributed by atoms with E-state index in [1.165, 1.54) is 55.0 Å². The second kappa shape index (κ2) is 12.1. The van der Waals surface area contributed by atoms with Crippen LogP contribution in [0.1, 0.15) is 56.6 Å². The maximum Gasteiger partial charge on any atom is 0.164 e. The highest BCUT2D eigenvalue weighted by molar-refractivity contribution is 7.25. The molecular formula is C44H36N4S. The van der Waals surface area contributed by atoms with Gasteiger partial charge in [0.15, 0.2) is 17.5 Å². The van der Waals surface area contributed by atoms with Gasteiger partial charge < -0.3 is 0 Å². The summed E-state index contributed by atoms with van der Waals surface area (Å²) >= 11 is 1.69. The van der Waals surface area contributed by atoms with Crippen molar-refractivity contribution >= 4 is 31.5 Å². The minimum absolute atomic E-state index is 0.333. The van der Waals surface area contributed by atoms with Crippen LogP contribution in [-0.4, -0.2) is 15.0 Å². The van der Waals surface area contributed by atoms with Crippen LogP contribution < -0.4 is 0 Å². The fraction of sp³-hybridized carbons (Fsp3) is 0.227. The van der Waals surface area contributed by atoms with Gasteiger partial charge in [0.2, 0.25) is 0 Å². The molecule has 0 amide bonds. The Balaban J connectivity index is 1.14. The van der Waals surface area contributed by atoms with Crippen LogP contribution in [-0.2, 0) is 5.41 Å². The fourth-order valence-electron chi connectivity index (χ4n) is 8.83. The van der Waals surface area contributed by atoms with Gasteiger partial charge in [-0.15, -0.1) is 11.3 Å². The first-order valence-electron chi connectivity index (χ1n) is 17.4. The molecule has 2 heterocycles. The summed E-state index contributed by atoms with van der Waals surface area (Å²) in [5.41, 5.74) is 7.70. The number of benzene rings is 5. The Morgan fingerprint density at radius 1 is 0.673 bits per heavy atom. The van der Waals surface area contributed by atoms with E-state index in [-0.39, 0.29) is 0 Å². The van der Waals surface area contributed by atoms with Crippen LogP contribution in [0.3, 0.4) is 0 Å². The Kier molecular flexibility index (Phi) is 7.36. The number of nitrogens with zero attached hydrogens (tertiary/aromatic N) is 4. The van der Waals surface area contributed by atoms with E-state index in [4.69, 9.17) is 15.0 Å². The van der Waals surface area contributed by atoms with Crippen molar-refractivity contribution in [3.8, 4) is 51.4 Å². The molecule has 2 saturated carbocycles. The SMILES string of the molecule is C[C@H]1C[C@H]2CCCC(c3ccc(-c4ccccc4-c4nc(-c5ccccc5)nc(-c5ccc6c(c5)sc5cc(C#N)ccc56)n4)cc3)(C1)C2. The number of fused-ring (bicyclic) bond motifs is 5. The molecule has 0 radical (unpaired) electrons. The molecule has 0 spiro atoms. The van der Waals surface area contributed by atoms with Crippen molar-refractivity contribution in [2.45, 2.75) is 50.9 Å². The van der Waals surface area contributed by atoms with Crippen molar-refractivity contribution in [3.63, 3.8) is 0 Å². The number of nitriles is 1. The van der Waals surface area contributed by atoms with Gasteiger partial charge in [-0.2, -0.15) is 5.26 Å². The van der Waals surface area contributed by atoms with Crippen LogP contribution in [0.5, 0.6) is 0 Å². The second-order valence-electron chi connectivity index (χ2n) is 14.2. The summed E-state index contributed by atoms with van der Waals surface area (Å²) in [6.07, 6.45) is 8.12. The van der Waals surface area contributed by atoms with Gasteiger partial charge in [-0.1, -0.05) is 117 Å². The lowest BCUT2D eigenvalue weighted by Crippen LogP contribution is -2.39. The maximum absolute atomic E-state index is 9.44. The molecule has 1 unspecified atom stereocenters. The predicted molar refractivity (Wildman–Crippen MR) is 201 cm³/mol. The summed E-state index contributed by atoms with van der Waals surface area (Å²) < 4.78 is 2.25. The van der Waals surface area contributed by atoms with E-state index in [1.54, 1.807) is 11.3 Å². The minimum atomic E-state index is 0.333. The summed E-state index contributed by atoms with van der Waals surface area (Å²) in [6.45, 7) is 2.45. The highest BCUT2D eigenvalue weighted by Crippen LogP contribution is 2.52. The minimum Gasteiger partial charge on any atom is -0.208 e. The van der Waals surface area contributed by atoms with Crippen LogP contribution in [0.4, 0.5) is 0 Å².